The van der Waals surface area contributed by atoms with Crippen molar-refractivity contribution in [3.8, 4) is 0 Å². The van der Waals surface area contributed by atoms with Crippen LogP contribution >= 0.6 is 11.6 Å². The molecular weight excluding hydrogens is 274 g/mol. The van der Waals surface area contributed by atoms with Gasteiger partial charge in [0.2, 0.25) is 5.92 Å². The lowest BCUT2D eigenvalue weighted by Gasteiger charge is -2.40. The van der Waals surface area contributed by atoms with E-state index in [1.807, 2.05) is 0 Å². The lowest BCUT2D eigenvalue weighted by Crippen LogP contribution is -2.38. The Hall–Kier alpha value is -1.16. The molecule has 0 bridgehead atoms. The van der Waals surface area contributed by atoms with Gasteiger partial charge in [0.15, 0.2) is 0 Å². The van der Waals surface area contributed by atoms with Crippen molar-refractivity contribution < 1.29 is 18.7 Å². The number of hydrogen-bond donors (Lipinski definition) is 1. The first kappa shape index (κ1) is 14.3. The Morgan fingerprint density at radius 2 is 1.79 bits per heavy atom. The van der Waals surface area contributed by atoms with Crippen LogP contribution in [0, 0.1) is 0 Å². The van der Waals surface area contributed by atoms with Crippen molar-refractivity contribution >= 4 is 17.6 Å². The summed E-state index contributed by atoms with van der Waals surface area (Å²) in [5.41, 5.74) is -0.0964. The molecule has 2 rings (SSSR count). The first-order chi connectivity index (χ1) is 8.85. The summed E-state index contributed by atoms with van der Waals surface area (Å²) in [6.07, 6.45) is -0.435. The second-order valence-corrected chi connectivity index (χ2v) is 5.59. The minimum absolute atomic E-state index is 0.149. The van der Waals surface area contributed by atoms with Gasteiger partial charge >= 0.3 is 5.97 Å². The van der Waals surface area contributed by atoms with E-state index >= 15 is 0 Å². The van der Waals surface area contributed by atoms with Crippen molar-refractivity contribution in [2.75, 3.05) is 0 Å². The molecule has 0 heterocycles. The van der Waals surface area contributed by atoms with Crippen molar-refractivity contribution in [3.63, 3.8) is 0 Å². The molecular formula is C14H15ClF2O2. The Kier molecular flexibility index (Phi) is 3.81. The Balaban J connectivity index is 2.37. The fraction of sp³-hybridized carbons (Fsp3) is 0.500. The molecule has 0 aliphatic heterocycles. The lowest BCUT2D eigenvalue weighted by atomic mass is 9.66. The van der Waals surface area contributed by atoms with Crippen LogP contribution in [0.15, 0.2) is 24.3 Å². The molecule has 0 saturated heterocycles. The van der Waals surface area contributed by atoms with Gasteiger partial charge in [-0.2, -0.15) is 0 Å². The fourth-order valence-corrected chi connectivity index (χ4v) is 3.15. The molecule has 5 heteroatoms. The second kappa shape index (κ2) is 5.08. The molecule has 0 unspecified atom stereocenters. The van der Waals surface area contributed by atoms with Gasteiger partial charge in [0, 0.05) is 23.3 Å². The number of alkyl halides is 2. The van der Waals surface area contributed by atoms with Crippen molar-refractivity contribution in [1.29, 1.82) is 0 Å². The molecule has 1 aromatic carbocycles. The fourth-order valence-electron chi connectivity index (χ4n) is 2.82. The molecule has 0 spiro atoms. The van der Waals surface area contributed by atoms with E-state index in [1.54, 1.807) is 24.3 Å². The third kappa shape index (κ3) is 3.06. The van der Waals surface area contributed by atoms with E-state index in [2.05, 4.69) is 0 Å². The SMILES string of the molecule is O=C(O)CC1(c2ccccc2Cl)CCC(F)(F)CC1. The highest BCUT2D eigenvalue weighted by molar-refractivity contribution is 6.31. The van der Waals surface area contributed by atoms with E-state index in [4.69, 9.17) is 16.7 Å². The number of hydrogen-bond acceptors (Lipinski definition) is 1. The van der Waals surface area contributed by atoms with E-state index in [0.29, 0.717) is 10.6 Å². The summed E-state index contributed by atoms with van der Waals surface area (Å²) in [5.74, 6) is -3.67. The molecule has 1 fully saturated rings. The first-order valence-corrected chi connectivity index (χ1v) is 6.57. The number of halogens is 3. The Morgan fingerprint density at radius 3 is 2.32 bits per heavy atom. The van der Waals surface area contributed by atoms with Crippen LogP contribution in [0.25, 0.3) is 0 Å². The number of carboxylic acid groups (broad SMARTS) is 1. The molecule has 0 radical (unpaired) electrons. The Labute approximate surface area is 115 Å². The van der Waals surface area contributed by atoms with Gasteiger partial charge < -0.3 is 5.11 Å². The van der Waals surface area contributed by atoms with E-state index in [1.165, 1.54) is 0 Å². The van der Waals surface area contributed by atoms with Gasteiger partial charge in [0.05, 0.1) is 6.42 Å². The maximum Gasteiger partial charge on any atom is 0.304 e. The quantitative estimate of drug-likeness (QED) is 0.902. The van der Waals surface area contributed by atoms with Crippen molar-refractivity contribution in [3.05, 3.63) is 34.9 Å². The van der Waals surface area contributed by atoms with Crippen LogP contribution in [0.5, 0.6) is 0 Å². The van der Waals surface area contributed by atoms with Gasteiger partial charge in [0.1, 0.15) is 0 Å². The first-order valence-electron chi connectivity index (χ1n) is 6.19. The molecule has 1 N–H and O–H groups in total. The zero-order chi connectivity index (χ0) is 14.1. The molecule has 2 nitrogen and oxygen atoms in total. The Bertz CT molecular complexity index is 478. The average Bonchev–Trinajstić information content (AvgIpc) is 2.32. The molecule has 1 aromatic rings. The maximum atomic E-state index is 13.3. The zero-order valence-corrected chi connectivity index (χ0v) is 11.1. The van der Waals surface area contributed by atoms with E-state index in [9.17, 15) is 13.6 Å². The molecule has 104 valence electrons. The van der Waals surface area contributed by atoms with E-state index in [0.717, 1.165) is 0 Å². The highest BCUT2D eigenvalue weighted by atomic mass is 35.5. The van der Waals surface area contributed by atoms with Crippen LogP contribution in [0.2, 0.25) is 5.02 Å². The summed E-state index contributed by atoms with van der Waals surface area (Å²) in [6, 6.07) is 6.93. The largest absolute Gasteiger partial charge is 0.481 e. The summed E-state index contributed by atoms with van der Waals surface area (Å²) >= 11 is 6.12. The minimum atomic E-state index is -2.69. The topological polar surface area (TPSA) is 37.3 Å². The summed E-state index contributed by atoms with van der Waals surface area (Å²) in [7, 11) is 0. The van der Waals surface area contributed by atoms with Crippen LogP contribution < -0.4 is 0 Å². The van der Waals surface area contributed by atoms with Gasteiger partial charge in [-0.3, -0.25) is 4.79 Å². The summed E-state index contributed by atoms with van der Waals surface area (Å²) < 4.78 is 26.6. The van der Waals surface area contributed by atoms with Crippen LogP contribution in [0.4, 0.5) is 8.78 Å². The molecule has 1 aliphatic carbocycles. The van der Waals surface area contributed by atoms with Crippen LogP contribution in [0.1, 0.15) is 37.7 Å². The predicted molar refractivity (Wildman–Crippen MR) is 68.8 cm³/mol. The number of benzene rings is 1. The van der Waals surface area contributed by atoms with Gasteiger partial charge in [-0.05, 0) is 24.5 Å². The molecule has 1 saturated carbocycles. The molecule has 0 atom stereocenters. The molecule has 19 heavy (non-hydrogen) atoms. The van der Waals surface area contributed by atoms with Gasteiger partial charge in [-0.15, -0.1) is 0 Å². The third-order valence-electron chi connectivity index (χ3n) is 3.87. The van der Waals surface area contributed by atoms with Gasteiger partial charge in [-0.1, -0.05) is 29.8 Å². The summed E-state index contributed by atoms with van der Waals surface area (Å²) in [5, 5.41) is 9.54. The highest BCUT2D eigenvalue weighted by Gasteiger charge is 2.46. The number of aliphatic carboxylic acids is 1. The second-order valence-electron chi connectivity index (χ2n) is 5.19. The lowest BCUT2D eigenvalue weighted by molar-refractivity contribution is -0.140. The van der Waals surface area contributed by atoms with Crippen LogP contribution in [-0.4, -0.2) is 17.0 Å². The van der Waals surface area contributed by atoms with E-state index < -0.39 is 17.3 Å². The van der Waals surface area contributed by atoms with Crippen molar-refractivity contribution in [2.45, 2.75) is 43.4 Å². The zero-order valence-electron chi connectivity index (χ0n) is 10.3. The minimum Gasteiger partial charge on any atom is -0.481 e. The standard InChI is InChI=1S/C14H15ClF2O2/c15-11-4-2-1-3-10(11)13(9-12(18)19)5-7-14(16,17)8-6-13/h1-4H,5-9H2,(H,18,19). The molecule has 0 amide bonds. The summed E-state index contributed by atoms with van der Waals surface area (Å²) in [6.45, 7) is 0. The normalized spacial score (nSPS) is 21.0. The predicted octanol–water partition coefficient (Wildman–Crippen LogP) is 4.26. The maximum absolute atomic E-state index is 13.3. The van der Waals surface area contributed by atoms with E-state index in [-0.39, 0.29) is 32.1 Å². The average molecular weight is 289 g/mol. The number of carboxylic acids is 1. The number of rotatable bonds is 3. The van der Waals surface area contributed by atoms with Crippen LogP contribution in [0.3, 0.4) is 0 Å². The van der Waals surface area contributed by atoms with Gasteiger partial charge in [0.25, 0.3) is 0 Å². The number of carbonyl (C=O) groups is 1. The Morgan fingerprint density at radius 1 is 1.21 bits per heavy atom. The highest BCUT2D eigenvalue weighted by Crippen LogP contribution is 2.49. The van der Waals surface area contributed by atoms with Crippen molar-refractivity contribution in [1.82, 2.24) is 0 Å². The third-order valence-corrected chi connectivity index (χ3v) is 4.20. The summed E-state index contributed by atoms with van der Waals surface area (Å²) in [4.78, 5) is 11.1. The molecule has 1 aliphatic rings. The van der Waals surface area contributed by atoms with Crippen molar-refractivity contribution in [2.24, 2.45) is 0 Å². The molecule has 0 aromatic heterocycles. The smallest absolute Gasteiger partial charge is 0.304 e. The monoisotopic (exact) mass is 288 g/mol. The van der Waals surface area contributed by atoms with Gasteiger partial charge in [-0.25, -0.2) is 8.78 Å². The van der Waals surface area contributed by atoms with Crippen LogP contribution in [-0.2, 0) is 10.2 Å².